The van der Waals surface area contributed by atoms with Crippen LogP contribution in [0.1, 0.15) is 11.1 Å². The second-order valence-corrected chi connectivity index (χ2v) is 7.29. The molecule has 1 saturated heterocycles. The van der Waals surface area contributed by atoms with Crippen LogP contribution in [0.4, 0.5) is 9.18 Å². The Morgan fingerprint density at radius 1 is 1.07 bits per heavy atom. The lowest BCUT2D eigenvalue weighted by atomic mass is 10.1. The van der Waals surface area contributed by atoms with Crippen molar-refractivity contribution < 1.29 is 14.0 Å². The highest BCUT2D eigenvalue weighted by atomic mass is 19.1. The molecule has 150 valence electrons. The molecule has 2 aromatic rings. The van der Waals surface area contributed by atoms with E-state index in [2.05, 4.69) is 5.32 Å². The molecule has 2 atom stereocenters. The summed E-state index contributed by atoms with van der Waals surface area (Å²) < 4.78 is 13.3. The first-order valence-electron chi connectivity index (χ1n) is 9.35. The number of hydrogen-bond donors (Lipinski definition) is 1. The first-order chi connectivity index (χ1) is 13.9. The summed E-state index contributed by atoms with van der Waals surface area (Å²) in [4.78, 5) is 34.7. The Morgan fingerprint density at radius 2 is 1.76 bits per heavy atom. The van der Waals surface area contributed by atoms with Crippen LogP contribution in [-0.2, 0) is 17.9 Å². The summed E-state index contributed by atoms with van der Waals surface area (Å²) >= 11 is 0. The quantitative estimate of drug-likeness (QED) is 0.860. The van der Waals surface area contributed by atoms with Crippen LogP contribution in [0, 0.1) is 5.82 Å². The zero-order valence-electron chi connectivity index (χ0n) is 16.2. The van der Waals surface area contributed by atoms with Gasteiger partial charge in [-0.15, -0.1) is 0 Å². The van der Waals surface area contributed by atoms with Crippen LogP contribution in [0.25, 0.3) is 0 Å². The fraction of sp³-hybridized carbons (Fsp3) is 0.286. The minimum absolute atomic E-state index is 0.316. The summed E-state index contributed by atoms with van der Waals surface area (Å²) in [5.41, 5.74) is 1.95. The number of likely N-dealkylation sites (N-methyl/N-ethyl adjacent to an activating group) is 1. The Morgan fingerprint density at radius 3 is 2.45 bits per heavy atom. The third-order valence-corrected chi connectivity index (χ3v) is 5.21. The molecule has 1 fully saturated rings. The lowest BCUT2D eigenvalue weighted by Crippen LogP contribution is -2.63. The van der Waals surface area contributed by atoms with Gasteiger partial charge >= 0.3 is 6.03 Å². The van der Waals surface area contributed by atoms with Gasteiger partial charge in [0.1, 0.15) is 5.82 Å². The minimum atomic E-state index is -0.643. The number of carbonyl (C=O) groups excluding carboxylic acids is 2. The van der Waals surface area contributed by atoms with E-state index < -0.39 is 18.2 Å². The molecule has 3 amide bonds. The van der Waals surface area contributed by atoms with Gasteiger partial charge in [-0.1, -0.05) is 42.5 Å². The molecule has 0 spiro atoms. The summed E-state index contributed by atoms with van der Waals surface area (Å²) in [6.45, 7) is 0.965. The second-order valence-electron chi connectivity index (χ2n) is 7.29. The maximum absolute atomic E-state index is 13.3. The van der Waals surface area contributed by atoms with Gasteiger partial charge < -0.3 is 14.7 Å². The summed E-state index contributed by atoms with van der Waals surface area (Å²) in [7, 11) is 3.53. The molecule has 2 aliphatic rings. The lowest BCUT2D eigenvalue weighted by Gasteiger charge is -2.37. The largest absolute Gasteiger partial charge is 0.341 e. The van der Waals surface area contributed by atoms with Crippen LogP contribution in [-0.4, -0.2) is 58.9 Å². The molecule has 0 radical (unpaired) electrons. The highest BCUT2D eigenvalue weighted by Crippen LogP contribution is 2.27. The molecule has 29 heavy (non-hydrogen) atoms. The van der Waals surface area contributed by atoms with Gasteiger partial charge in [-0.3, -0.25) is 10.1 Å². The summed E-state index contributed by atoms with van der Waals surface area (Å²) in [5.74, 6) is -0.0826. The van der Waals surface area contributed by atoms with Gasteiger partial charge in [0.05, 0.1) is 0 Å². The van der Waals surface area contributed by atoms with E-state index >= 15 is 0 Å². The van der Waals surface area contributed by atoms with Crippen LogP contribution in [0.2, 0.25) is 0 Å². The predicted octanol–water partition coefficient (Wildman–Crippen LogP) is 2.01. The summed E-state index contributed by atoms with van der Waals surface area (Å²) in [5, 5.41) is 2.39. The Hall–Kier alpha value is -3.42. The summed E-state index contributed by atoms with van der Waals surface area (Å²) in [6, 6.07) is 15.0. The van der Waals surface area contributed by atoms with E-state index in [0.29, 0.717) is 19.0 Å². The number of halogens is 1. The molecule has 2 unspecified atom stereocenters. The van der Waals surface area contributed by atoms with Gasteiger partial charge in [-0.25, -0.2) is 14.2 Å². The van der Waals surface area contributed by atoms with Crippen molar-refractivity contribution in [1.82, 2.24) is 20.0 Å². The number of hydrogen-bond acceptors (Lipinski definition) is 5. The Kier molecular flexibility index (Phi) is 4.92. The van der Waals surface area contributed by atoms with Crippen molar-refractivity contribution in [3.05, 3.63) is 71.5 Å². The molecule has 2 aromatic carbocycles. The molecule has 0 aliphatic carbocycles. The number of rotatable bonds is 4. The number of urea groups is 1. The van der Waals surface area contributed by atoms with Crippen molar-refractivity contribution in [3.63, 3.8) is 0 Å². The van der Waals surface area contributed by atoms with Gasteiger partial charge in [-0.2, -0.15) is 0 Å². The van der Waals surface area contributed by atoms with Crippen LogP contribution >= 0.6 is 0 Å². The third-order valence-electron chi connectivity index (χ3n) is 5.21. The number of nitrogens with one attached hydrogen (secondary N) is 1. The van der Waals surface area contributed by atoms with Crippen molar-refractivity contribution in [2.45, 2.75) is 25.3 Å². The zero-order chi connectivity index (χ0) is 20.5. The number of guanidine groups is 1. The normalized spacial score (nSPS) is 21.0. The second kappa shape index (κ2) is 7.54. The topological polar surface area (TPSA) is 68.2 Å². The van der Waals surface area contributed by atoms with Crippen molar-refractivity contribution in [3.8, 4) is 0 Å². The first kappa shape index (κ1) is 18.9. The van der Waals surface area contributed by atoms with Crippen molar-refractivity contribution in [2.24, 2.45) is 4.99 Å². The monoisotopic (exact) mass is 395 g/mol. The molecular formula is C21H22FN5O2. The number of amides is 3. The Bertz CT molecular complexity index is 947. The Labute approximate surface area is 168 Å². The zero-order valence-corrected chi connectivity index (χ0v) is 16.2. The predicted molar refractivity (Wildman–Crippen MR) is 106 cm³/mol. The van der Waals surface area contributed by atoms with Crippen molar-refractivity contribution in [2.75, 3.05) is 14.1 Å². The van der Waals surface area contributed by atoms with Crippen LogP contribution in [0.5, 0.6) is 0 Å². The maximum Gasteiger partial charge on any atom is 0.325 e. The van der Waals surface area contributed by atoms with Gasteiger partial charge in [0.25, 0.3) is 5.91 Å². The third kappa shape index (κ3) is 3.65. The van der Waals surface area contributed by atoms with Gasteiger partial charge in [0.15, 0.2) is 18.2 Å². The molecule has 0 bridgehead atoms. The number of nitrogens with zero attached hydrogens (tertiary/aromatic N) is 4. The average Bonchev–Trinajstić information content (AvgIpc) is 3.09. The van der Waals surface area contributed by atoms with E-state index in [9.17, 15) is 14.0 Å². The lowest BCUT2D eigenvalue weighted by molar-refractivity contribution is -0.127. The SMILES string of the molecule is CN(Cc1ccccc1)C1=NC2C(C(=O)NC(=O)N2C)N1Cc1ccc(F)cc1. The van der Waals surface area contributed by atoms with Gasteiger partial charge in [0, 0.05) is 27.2 Å². The standard InChI is InChI=1S/C21H22FN5O2/c1-25(12-14-6-4-3-5-7-14)20-23-18-17(19(28)24-21(29)26(18)2)27(20)13-15-8-10-16(22)11-9-15/h3-11,17-18H,12-13H2,1-2H3,(H,24,28,29). The maximum atomic E-state index is 13.3. The molecular weight excluding hydrogens is 373 g/mol. The number of benzene rings is 2. The van der Waals surface area contributed by atoms with Gasteiger partial charge in [-0.05, 0) is 23.3 Å². The van der Waals surface area contributed by atoms with Crippen molar-refractivity contribution in [1.29, 1.82) is 0 Å². The first-order valence-corrected chi connectivity index (χ1v) is 9.35. The highest BCUT2D eigenvalue weighted by molar-refractivity contribution is 6.03. The molecule has 8 heteroatoms. The molecule has 7 nitrogen and oxygen atoms in total. The van der Waals surface area contributed by atoms with Crippen LogP contribution in [0.15, 0.2) is 59.6 Å². The van der Waals surface area contributed by atoms with Gasteiger partial charge in [0.2, 0.25) is 0 Å². The molecule has 2 aliphatic heterocycles. The van der Waals surface area contributed by atoms with E-state index in [0.717, 1.165) is 11.1 Å². The highest BCUT2D eigenvalue weighted by Gasteiger charge is 2.49. The fourth-order valence-electron chi connectivity index (χ4n) is 3.71. The Balaban J connectivity index is 1.65. The smallest absolute Gasteiger partial charge is 0.325 e. The van der Waals surface area contributed by atoms with Crippen LogP contribution in [0.3, 0.4) is 0 Å². The van der Waals surface area contributed by atoms with E-state index in [4.69, 9.17) is 4.99 Å². The molecule has 0 saturated carbocycles. The van der Waals surface area contributed by atoms with E-state index in [1.807, 2.05) is 47.2 Å². The molecule has 2 heterocycles. The van der Waals surface area contributed by atoms with E-state index in [1.165, 1.54) is 17.0 Å². The van der Waals surface area contributed by atoms with E-state index in [-0.39, 0.29) is 11.7 Å². The average molecular weight is 395 g/mol. The molecule has 1 N–H and O–H groups in total. The van der Waals surface area contributed by atoms with Crippen LogP contribution < -0.4 is 5.32 Å². The van der Waals surface area contributed by atoms with Crippen molar-refractivity contribution >= 4 is 17.9 Å². The molecule has 0 aromatic heterocycles. The number of fused-ring (bicyclic) bond motifs is 1. The fourth-order valence-corrected chi connectivity index (χ4v) is 3.71. The molecule has 4 rings (SSSR count). The summed E-state index contributed by atoms with van der Waals surface area (Å²) in [6.07, 6.45) is -0.607. The number of carbonyl (C=O) groups is 2. The minimum Gasteiger partial charge on any atom is -0.341 e. The number of imide groups is 1. The van der Waals surface area contributed by atoms with E-state index in [1.54, 1.807) is 19.2 Å². The number of aliphatic imine (C=N–C) groups is 1.